The van der Waals surface area contributed by atoms with E-state index in [-0.39, 0.29) is 12.0 Å². The number of nitrogens with two attached hydrogens (primary N) is 1. The van der Waals surface area contributed by atoms with Gasteiger partial charge in [0, 0.05) is 24.6 Å². The second-order valence-corrected chi connectivity index (χ2v) is 4.27. The lowest BCUT2D eigenvalue weighted by Gasteiger charge is -2.28. The molecule has 2 atom stereocenters. The van der Waals surface area contributed by atoms with Gasteiger partial charge in [-0.1, -0.05) is 0 Å². The summed E-state index contributed by atoms with van der Waals surface area (Å²) in [7, 11) is 0. The summed E-state index contributed by atoms with van der Waals surface area (Å²) in [6.07, 6.45) is 1.37. The molecule has 1 aromatic carbocycles. The van der Waals surface area contributed by atoms with Crippen LogP contribution in [0.3, 0.4) is 0 Å². The lowest BCUT2D eigenvalue weighted by molar-refractivity contribution is 0.0422. The zero-order chi connectivity index (χ0) is 11.5. The molecule has 1 saturated heterocycles. The van der Waals surface area contributed by atoms with Crippen molar-refractivity contribution >= 4 is 0 Å². The van der Waals surface area contributed by atoms with Crippen LogP contribution in [0.15, 0.2) is 18.2 Å². The van der Waals surface area contributed by atoms with Gasteiger partial charge in [-0.2, -0.15) is 0 Å². The minimum absolute atomic E-state index is 0.0556. The van der Waals surface area contributed by atoms with Gasteiger partial charge in [-0.15, -0.1) is 0 Å². The third kappa shape index (κ3) is 2.77. The topological polar surface area (TPSA) is 35.2 Å². The molecule has 1 aliphatic heterocycles. The highest BCUT2D eigenvalue weighted by Gasteiger charge is 2.22. The molecule has 1 heterocycles. The van der Waals surface area contributed by atoms with Crippen LogP contribution in [0.4, 0.5) is 8.78 Å². The number of halogens is 2. The first-order valence-electron chi connectivity index (χ1n) is 5.43. The van der Waals surface area contributed by atoms with Gasteiger partial charge in [-0.3, -0.25) is 0 Å². The van der Waals surface area contributed by atoms with Gasteiger partial charge in [0.25, 0.3) is 0 Å². The van der Waals surface area contributed by atoms with Gasteiger partial charge in [-0.25, -0.2) is 8.78 Å². The smallest absolute Gasteiger partial charge is 0.126 e. The Hall–Kier alpha value is -1.00. The van der Waals surface area contributed by atoms with Crippen molar-refractivity contribution in [2.45, 2.75) is 18.9 Å². The van der Waals surface area contributed by atoms with Crippen molar-refractivity contribution in [2.24, 2.45) is 11.7 Å². The summed E-state index contributed by atoms with van der Waals surface area (Å²) in [5, 5.41) is 0. The Balaban J connectivity index is 2.07. The van der Waals surface area contributed by atoms with E-state index in [9.17, 15) is 8.78 Å². The van der Waals surface area contributed by atoms with Crippen molar-refractivity contribution in [3.05, 3.63) is 35.4 Å². The van der Waals surface area contributed by atoms with Crippen LogP contribution in [0.5, 0.6) is 0 Å². The van der Waals surface area contributed by atoms with Crippen LogP contribution in [0.2, 0.25) is 0 Å². The van der Waals surface area contributed by atoms with Gasteiger partial charge in [0.1, 0.15) is 11.6 Å². The summed E-state index contributed by atoms with van der Waals surface area (Å²) >= 11 is 0. The Morgan fingerprint density at radius 2 is 1.94 bits per heavy atom. The molecule has 4 heteroatoms. The molecular formula is C12H15F2NO. The minimum Gasteiger partial charge on any atom is -0.381 e. The molecule has 1 fully saturated rings. The molecule has 2 unspecified atom stereocenters. The highest BCUT2D eigenvalue weighted by Crippen LogP contribution is 2.19. The monoisotopic (exact) mass is 227 g/mol. The summed E-state index contributed by atoms with van der Waals surface area (Å²) in [5.74, 6) is -0.935. The van der Waals surface area contributed by atoms with Gasteiger partial charge in [0.15, 0.2) is 0 Å². The summed E-state index contributed by atoms with van der Waals surface area (Å²) in [5.41, 5.74) is 6.58. The first-order valence-corrected chi connectivity index (χ1v) is 5.43. The molecule has 2 N–H and O–H groups in total. The normalized spacial score (nSPS) is 25.7. The quantitative estimate of drug-likeness (QED) is 0.837. The van der Waals surface area contributed by atoms with Crippen LogP contribution >= 0.6 is 0 Å². The van der Waals surface area contributed by atoms with Crippen molar-refractivity contribution in [3.63, 3.8) is 0 Å². The fourth-order valence-corrected chi connectivity index (χ4v) is 2.06. The van der Waals surface area contributed by atoms with Gasteiger partial charge in [0.05, 0.1) is 6.61 Å². The summed E-state index contributed by atoms with van der Waals surface area (Å²) in [6.45, 7) is 1.24. The molecule has 0 spiro atoms. The predicted molar refractivity (Wildman–Crippen MR) is 57.0 cm³/mol. The molecule has 16 heavy (non-hydrogen) atoms. The lowest BCUT2D eigenvalue weighted by atomic mass is 9.90. The molecule has 1 aliphatic rings. The van der Waals surface area contributed by atoms with E-state index in [1.54, 1.807) is 0 Å². The predicted octanol–water partition coefficient (Wildman–Crippen LogP) is 1.87. The van der Waals surface area contributed by atoms with E-state index in [4.69, 9.17) is 10.5 Å². The van der Waals surface area contributed by atoms with E-state index < -0.39 is 11.6 Å². The average Bonchev–Trinajstić information content (AvgIpc) is 2.20. The summed E-state index contributed by atoms with van der Waals surface area (Å²) in [4.78, 5) is 0. The molecule has 0 aromatic heterocycles. The first kappa shape index (κ1) is 11.5. The Bertz CT molecular complexity index is 350. The number of rotatable bonds is 2. The largest absolute Gasteiger partial charge is 0.381 e. The van der Waals surface area contributed by atoms with Crippen molar-refractivity contribution in [3.8, 4) is 0 Å². The molecule has 0 aliphatic carbocycles. The second kappa shape index (κ2) is 4.89. The molecule has 0 amide bonds. The van der Waals surface area contributed by atoms with Crippen molar-refractivity contribution < 1.29 is 13.5 Å². The van der Waals surface area contributed by atoms with E-state index in [1.807, 2.05) is 0 Å². The van der Waals surface area contributed by atoms with Crippen LogP contribution in [0.1, 0.15) is 12.0 Å². The Kier molecular flexibility index (Phi) is 3.51. The average molecular weight is 227 g/mol. The van der Waals surface area contributed by atoms with Crippen molar-refractivity contribution in [1.29, 1.82) is 0 Å². The van der Waals surface area contributed by atoms with Crippen molar-refractivity contribution in [1.82, 2.24) is 0 Å². The second-order valence-electron chi connectivity index (χ2n) is 4.27. The molecule has 2 nitrogen and oxygen atoms in total. The molecule has 2 rings (SSSR count). The maximum Gasteiger partial charge on any atom is 0.126 e. The fraction of sp³-hybridized carbons (Fsp3) is 0.500. The third-order valence-electron chi connectivity index (χ3n) is 2.95. The number of benzene rings is 1. The van der Waals surface area contributed by atoms with Crippen LogP contribution in [-0.2, 0) is 11.2 Å². The molecular weight excluding hydrogens is 212 g/mol. The number of ether oxygens (including phenoxy) is 1. The maximum absolute atomic E-state index is 13.0. The van der Waals surface area contributed by atoms with Crippen LogP contribution in [0, 0.1) is 17.6 Å². The van der Waals surface area contributed by atoms with E-state index in [2.05, 4.69) is 0 Å². The van der Waals surface area contributed by atoms with Crippen LogP contribution in [0.25, 0.3) is 0 Å². The first-order chi connectivity index (χ1) is 7.65. The van der Waals surface area contributed by atoms with E-state index >= 15 is 0 Å². The summed E-state index contributed by atoms with van der Waals surface area (Å²) in [6, 6.07) is 3.63. The maximum atomic E-state index is 13.0. The van der Waals surface area contributed by atoms with E-state index in [0.717, 1.165) is 12.5 Å². The van der Waals surface area contributed by atoms with E-state index in [0.29, 0.717) is 25.2 Å². The van der Waals surface area contributed by atoms with Gasteiger partial charge < -0.3 is 10.5 Å². The molecule has 0 bridgehead atoms. The number of hydrogen-bond donors (Lipinski definition) is 1. The SMILES string of the molecule is NC1CCOCC1Cc1cc(F)cc(F)c1. The molecule has 0 saturated carbocycles. The zero-order valence-electron chi connectivity index (χ0n) is 8.96. The van der Waals surface area contributed by atoms with Crippen LogP contribution < -0.4 is 5.73 Å². The Labute approximate surface area is 93.4 Å². The van der Waals surface area contributed by atoms with Crippen molar-refractivity contribution in [2.75, 3.05) is 13.2 Å². The van der Waals surface area contributed by atoms with Gasteiger partial charge in [-0.05, 0) is 30.5 Å². The molecule has 88 valence electrons. The third-order valence-corrected chi connectivity index (χ3v) is 2.95. The Morgan fingerprint density at radius 1 is 1.25 bits per heavy atom. The Morgan fingerprint density at radius 3 is 2.56 bits per heavy atom. The zero-order valence-corrected chi connectivity index (χ0v) is 8.96. The fourth-order valence-electron chi connectivity index (χ4n) is 2.06. The highest BCUT2D eigenvalue weighted by molar-refractivity contribution is 5.18. The number of hydrogen-bond acceptors (Lipinski definition) is 2. The molecule has 1 aromatic rings. The highest BCUT2D eigenvalue weighted by atomic mass is 19.1. The van der Waals surface area contributed by atoms with Crippen LogP contribution in [-0.4, -0.2) is 19.3 Å². The molecule has 0 radical (unpaired) electrons. The standard InChI is InChI=1S/C12H15F2NO/c13-10-4-8(5-11(14)6-10)3-9-7-16-2-1-12(9)15/h4-6,9,12H,1-3,7,15H2. The van der Waals surface area contributed by atoms with Gasteiger partial charge >= 0.3 is 0 Å². The van der Waals surface area contributed by atoms with Gasteiger partial charge in [0.2, 0.25) is 0 Å². The lowest BCUT2D eigenvalue weighted by Crippen LogP contribution is -2.39. The summed E-state index contributed by atoms with van der Waals surface area (Å²) < 4.78 is 31.3. The minimum atomic E-state index is -0.541. The van der Waals surface area contributed by atoms with E-state index in [1.165, 1.54) is 12.1 Å².